The number of halogens is 1. The number of hydrogen-bond acceptors (Lipinski definition) is 3. The quantitative estimate of drug-likeness (QED) is 0.906. The minimum Gasteiger partial charge on any atom is -0.319 e. The van der Waals surface area contributed by atoms with Crippen LogP contribution >= 0.6 is 0 Å². The van der Waals surface area contributed by atoms with Gasteiger partial charge in [0.15, 0.2) is 5.82 Å². The van der Waals surface area contributed by atoms with Crippen LogP contribution in [0, 0.1) is 5.82 Å². The average Bonchev–Trinajstić information content (AvgIpc) is 2.78. The molecule has 0 spiro atoms. The third kappa shape index (κ3) is 2.53. The molecule has 0 atom stereocenters. The van der Waals surface area contributed by atoms with Crippen molar-refractivity contribution >= 4 is 11.6 Å². The summed E-state index contributed by atoms with van der Waals surface area (Å²) in [5.74, 6) is -1.16. The number of carbonyl (C=O) groups is 1. The molecule has 5 nitrogen and oxygen atoms in total. The molecule has 0 fully saturated rings. The molecule has 0 bridgehead atoms. The van der Waals surface area contributed by atoms with Crippen molar-refractivity contribution in [1.29, 1.82) is 0 Å². The molecule has 18 heavy (non-hydrogen) atoms. The maximum atomic E-state index is 13.3. The first kappa shape index (κ1) is 12.2. The van der Waals surface area contributed by atoms with Gasteiger partial charge in [0.2, 0.25) is 0 Å². The zero-order valence-electron chi connectivity index (χ0n) is 10.1. The molecule has 6 heteroatoms. The number of amides is 1. The van der Waals surface area contributed by atoms with Crippen molar-refractivity contribution < 1.29 is 9.18 Å². The summed E-state index contributed by atoms with van der Waals surface area (Å²) in [6.07, 6.45) is 5.60. The highest BCUT2D eigenvalue weighted by atomic mass is 19.1. The summed E-state index contributed by atoms with van der Waals surface area (Å²) in [6.45, 7) is 3.95. The number of pyridine rings is 1. The number of aromatic nitrogens is 3. The van der Waals surface area contributed by atoms with E-state index in [2.05, 4.69) is 15.4 Å². The Bertz CT molecular complexity index is 565. The van der Waals surface area contributed by atoms with Gasteiger partial charge < -0.3 is 5.32 Å². The van der Waals surface area contributed by atoms with Crippen molar-refractivity contribution in [3.05, 3.63) is 42.2 Å². The highest BCUT2D eigenvalue weighted by Crippen LogP contribution is 2.12. The summed E-state index contributed by atoms with van der Waals surface area (Å²) < 4.78 is 15.0. The van der Waals surface area contributed by atoms with Gasteiger partial charge in [0.25, 0.3) is 5.91 Å². The zero-order chi connectivity index (χ0) is 13.1. The fourth-order valence-electron chi connectivity index (χ4n) is 1.44. The highest BCUT2D eigenvalue weighted by Gasteiger charge is 2.12. The topological polar surface area (TPSA) is 59.8 Å². The Kier molecular flexibility index (Phi) is 3.36. The predicted octanol–water partition coefficient (Wildman–Crippen LogP) is 2.25. The minimum absolute atomic E-state index is 0.0395. The van der Waals surface area contributed by atoms with E-state index in [9.17, 15) is 9.18 Å². The van der Waals surface area contributed by atoms with Gasteiger partial charge in [-0.2, -0.15) is 5.10 Å². The first-order chi connectivity index (χ1) is 8.58. The summed E-state index contributed by atoms with van der Waals surface area (Å²) in [5.41, 5.74) is 0.493. The lowest BCUT2D eigenvalue weighted by molar-refractivity contribution is 0.102. The second-order valence-corrected chi connectivity index (χ2v) is 4.11. The van der Waals surface area contributed by atoms with E-state index in [1.165, 1.54) is 18.5 Å². The molecule has 2 heterocycles. The summed E-state index contributed by atoms with van der Waals surface area (Å²) >= 11 is 0. The lowest BCUT2D eigenvalue weighted by Gasteiger charge is -2.04. The molecule has 0 aromatic carbocycles. The van der Waals surface area contributed by atoms with Crippen molar-refractivity contribution in [3.63, 3.8) is 0 Å². The van der Waals surface area contributed by atoms with E-state index in [1.54, 1.807) is 10.9 Å². The maximum Gasteiger partial charge on any atom is 0.258 e. The van der Waals surface area contributed by atoms with Gasteiger partial charge in [-0.3, -0.25) is 14.5 Å². The number of nitrogens with one attached hydrogen (secondary N) is 1. The Balaban J connectivity index is 2.14. The SMILES string of the molecule is CC(C)n1cc(NC(=O)c2ccncc2F)cn1. The van der Waals surface area contributed by atoms with Gasteiger partial charge >= 0.3 is 0 Å². The zero-order valence-corrected chi connectivity index (χ0v) is 10.1. The van der Waals surface area contributed by atoms with E-state index < -0.39 is 11.7 Å². The molecule has 0 aliphatic rings. The van der Waals surface area contributed by atoms with Gasteiger partial charge in [-0.25, -0.2) is 4.39 Å². The molecule has 0 saturated heterocycles. The Morgan fingerprint density at radius 3 is 2.83 bits per heavy atom. The highest BCUT2D eigenvalue weighted by molar-refractivity contribution is 6.04. The largest absolute Gasteiger partial charge is 0.319 e. The summed E-state index contributed by atoms with van der Waals surface area (Å²) in [4.78, 5) is 15.4. The molecule has 0 aliphatic heterocycles. The molecule has 0 unspecified atom stereocenters. The van der Waals surface area contributed by atoms with Crippen molar-refractivity contribution in [2.24, 2.45) is 0 Å². The molecule has 2 aromatic heterocycles. The van der Waals surface area contributed by atoms with Crippen LogP contribution in [0.1, 0.15) is 30.2 Å². The molecule has 2 rings (SSSR count). The smallest absolute Gasteiger partial charge is 0.258 e. The Morgan fingerprint density at radius 1 is 1.44 bits per heavy atom. The van der Waals surface area contributed by atoms with Crippen molar-refractivity contribution in [3.8, 4) is 0 Å². The van der Waals surface area contributed by atoms with Crippen LogP contribution in [-0.2, 0) is 0 Å². The van der Waals surface area contributed by atoms with Crippen LogP contribution < -0.4 is 5.32 Å². The number of hydrogen-bond donors (Lipinski definition) is 1. The second kappa shape index (κ2) is 4.95. The maximum absolute atomic E-state index is 13.3. The van der Waals surface area contributed by atoms with Gasteiger partial charge in [-0.15, -0.1) is 0 Å². The van der Waals surface area contributed by atoms with Gasteiger partial charge in [-0.05, 0) is 19.9 Å². The number of nitrogens with zero attached hydrogens (tertiary/aromatic N) is 3. The predicted molar refractivity (Wildman–Crippen MR) is 64.8 cm³/mol. The van der Waals surface area contributed by atoms with Gasteiger partial charge in [-0.1, -0.05) is 0 Å². The van der Waals surface area contributed by atoms with Crippen molar-refractivity contribution in [2.45, 2.75) is 19.9 Å². The third-order valence-electron chi connectivity index (χ3n) is 2.41. The lowest BCUT2D eigenvalue weighted by atomic mass is 10.2. The molecule has 2 aromatic rings. The number of anilines is 1. The van der Waals surface area contributed by atoms with Crippen LogP contribution in [0.25, 0.3) is 0 Å². The summed E-state index contributed by atoms with van der Waals surface area (Å²) in [6, 6.07) is 1.53. The fraction of sp³-hybridized carbons (Fsp3) is 0.250. The molecular formula is C12H13FN4O. The molecular weight excluding hydrogens is 235 g/mol. The Hall–Kier alpha value is -2.24. The minimum atomic E-state index is -0.647. The first-order valence-electron chi connectivity index (χ1n) is 5.53. The average molecular weight is 248 g/mol. The van der Waals surface area contributed by atoms with E-state index in [-0.39, 0.29) is 11.6 Å². The van der Waals surface area contributed by atoms with E-state index in [1.807, 2.05) is 13.8 Å². The molecule has 0 radical (unpaired) electrons. The van der Waals surface area contributed by atoms with E-state index >= 15 is 0 Å². The van der Waals surface area contributed by atoms with E-state index in [0.717, 1.165) is 6.20 Å². The van der Waals surface area contributed by atoms with Gasteiger partial charge in [0, 0.05) is 18.4 Å². The van der Waals surface area contributed by atoms with Gasteiger partial charge in [0.05, 0.1) is 23.6 Å². The number of rotatable bonds is 3. The molecule has 1 N–H and O–H groups in total. The van der Waals surface area contributed by atoms with Crippen LogP contribution in [0.3, 0.4) is 0 Å². The fourth-order valence-corrected chi connectivity index (χ4v) is 1.44. The second-order valence-electron chi connectivity index (χ2n) is 4.11. The Labute approximate surface area is 104 Å². The van der Waals surface area contributed by atoms with E-state index in [4.69, 9.17) is 0 Å². The monoisotopic (exact) mass is 248 g/mol. The Morgan fingerprint density at radius 2 is 2.22 bits per heavy atom. The molecule has 94 valence electrons. The molecule has 1 amide bonds. The van der Waals surface area contributed by atoms with Crippen molar-refractivity contribution in [1.82, 2.24) is 14.8 Å². The van der Waals surface area contributed by atoms with Crippen LogP contribution in [0.4, 0.5) is 10.1 Å². The third-order valence-corrected chi connectivity index (χ3v) is 2.41. The standard InChI is InChI=1S/C12H13FN4O/c1-8(2)17-7-9(5-15-17)16-12(18)10-3-4-14-6-11(10)13/h3-8H,1-2H3,(H,16,18). The van der Waals surface area contributed by atoms with Gasteiger partial charge in [0.1, 0.15) is 0 Å². The summed E-state index contributed by atoms with van der Waals surface area (Å²) in [7, 11) is 0. The van der Waals surface area contributed by atoms with Crippen LogP contribution in [0.2, 0.25) is 0 Å². The van der Waals surface area contributed by atoms with Crippen molar-refractivity contribution in [2.75, 3.05) is 5.32 Å². The number of carbonyl (C=O) groups excluding carboxylic acids is 1. The van der Waals surface area contributed by atoms with Crippen LogP contribution in [0.15, 0.2) is 30.9 Å². The normalized spacial score (nSPS) is 10.7. The molecule has 0 aliphatic carbocycles. The van der Waals surface area contributed by atoms with Crippen LogP contribution in [-0.4, -0.2) is 20.7 Å². The lowest BCUT2D eigenvalue weighted by Crippen LogP contribution is -2.13. The first-order valence-corrected chi connectivity index (χ1v) is 5.53. The van der Waals surface area contributed by atoms with Crippen LogP contribution in [0.5, 0.6) is 0 Å². The summed E-state index contributed by atoms with van der Waals surface area (Å²) in [5, 5.41) is 6.66. The van der Waals surface area contributed by atoms with E-state index in [0.29, 0.717) is 5.69 Å². The molecule has 0 saturated carbocycles.